The number of unbranched alkanes of at least 4 members (excludes halogenated alkanes) is 1. The molecule has 1 aliphatic rings. The van der Waals surface area contributed by atoms with Crippen LogP contribution < -0.4 is 5.73 Å². The Labute approximate surface area is 121 Å². The Kier molecular flexibility index (Phi) is 7.38. The maximum Gasteiger partial charge on any atom is 0.0334 e. The first-order valence-electron chi connectivity index (χ1n) is 8.53. The van der Waals surface area contributed by atoms with Crippen molar-refractivity contribution in [1.82, 2.24) is 4.90 Å². The molecule has 0 amide bonds. The number of hydrogen-bond donors (Lipinski definition) is 1. The lowest BCUT2D eigenvalue weighted by atomic mass is 9.72. The third kappa shape index (κ3) is 4.75. The second-order valence-electron chi connectivity index (χ2n) is 6.95. The highest BCUT2D eigenvalue weighted by Gasteiger charge is 2.39. The van der Waals surface area contributed by atoms with Crippen LogP contribution in [0.3, 0.4) is 0 Å². The Bertz CT molecular complexity index is 239. The van der Waals surface area contributed by atoms with Gasteiger partial charge in [0.25, 0.3) is 0 Å². The molecule has 2 unspecified atom stereocenters. The smallest absolute Gasteiger partial charge is 0.0334 e. The highest BCUT2D eigenvalue weighted by molar-refractivity contribution is 4.96. The molecular formula is C17H36N2. The van der Waals surface area contributed by atoms with E-state index in [4.69, 9.17) is 5.73 Å². The van der Waals surface area contributed by atoms with Gasteiger partial charge in [0.15, 0.2) is 0 Å². The van der Waals surface area contributed by atoms with E-state index in [1.807, 2.05) is 0 Å². The van der Waals surface area contributed by atoms with E-state index in [2.05, 4.69) is 32.6 Å². The molecule has 1 aliphatic carbocycles. The third-order valence-corrected chi connectivity index (χ3v) is 4.94. The molecule has 0 spiro atoms. The molecule has 1 fully saturated rings. The molecule has 0 radical (unpaired) electrons. The van der Waals surface area contributed by atoms with Crippen molar-refractivity contribution in [2.45, 2.75) is 78.2 Å². The van der Waals surface area contributed by atoms with E-state index in [1.54, 1.807) is 0 Å². The summed E-state index contributed by atoms with van der Waals surface area (Å²) >= 11 is 0. The van der Waals surface area contributed by atoms with Gasteiger partial charge in [-0.25, -0.2) is 0 Å². The van der Waals surface area contributed by atoms with Gasteiger partial charge in [0.2, 0.25) is 0 Å². The summed E-state index contributed by atoms with van der Waals surface area (Å²) in [5.74, 6) is 1.72. The summed E-state index contributed by atoms with van der Waals surface area (Å²) in [4.78, 5) is 2.70. The molecule has 0 saturated heterocycles. The van der Waals surface area contributed by atoms with Gasteiger partial charge >= 0.3 is 0 Å². The monoisotopic (exact) mass is 268 g/mol. The molecule has 0 bridgehead atoms. The van der Waals surface area contributed by atoms with Crippen LogP contribution in [0.1, 0.15) is 72.6 Å². The molecule has 1 saturated carbocycles. The lowest BCUT2D eigenvalue weighted by Gasteiger charge is -2.48. The first-order valence-corrected chi connectivity index (χ1v) is 8.53. The van der Waals surface area contributed by atoms with Gasteiger partial charge in [-0.1, -0.05) is 47.0 Å². The number of nitrogens with two attached hydrogens (primary N) is 1. The van der Waals surface area contributed by atoms with Crippen LogP contribution in [0.5, 0.6) is 0 Å². The van der Waals surface area contributed by atoms with E-state index >= 15 is 0 Å². The van der Waals surface area contributed by atoms with E-state index < -0.39 is 0 Å². The summed E-state index contributed by atoms with van der Waals surface area (Å²) in [7, 11) is 0. The second-order valence-corrected chi connectivity index (χ2v) is 6.95. The van der Waals surface area contributed by atoms with Crippen molar-refractivity contribution in [3.8, 4) is 0 Å². The molecule has 114 valence electrons. The SMILES string of the molecule is CCCCN(CC)C1(CN)CCCC(CC(C)C)C1. The fourth-order valence-corrected chi connectivity index (χ4v) is 4.01. The normalized spacial score (nSPS) is 28.3. The number of nitrogens with zero attached hydrogens (tertiary/aromatic N) is 1. The van der Waals surface area contributed by atoms with E-state index in [0.717, 1.165) is 24.9 Å². The average Bonchev–Trinajstić information content (AvgIpc) is 2.39. The van der Waals surface area contributed by atoms with Crippen molar-refractivity contribution in [2.24, 2.45) is 17.6 Å². The Hall–Kier alpha value is -0.0800. The second kappa shape index (κ2) is 8.26. The summed E-state index contributed by atoms with van der Waals surface area (Å²) in [6.45, 7) is 12.5. The van der Waals surface area contributed by atoms with Crippen LogP contribution >= 0.6 is 0 Å². The Morgan fingerprint density at radius 2 is 2.05 bits per heavy atom. The van der Waals surface area contributed by atoms with Gasteiger partial charge in [-0.05, 0) is 50.6 Å². The minimum atomic E-state index is 0.307. The summed E-state index contributed by atoms with van der Waals surface area (Å²) in [5, 5.41) is 0. The molecule has 2 N–H and O–H groups in total. The van der Waals surface area contributed by atoms with E-state index in [1.165, 1.54) is 51.5 Å². The molecule has 19 heavy (non-hydrogen) atoms. The highest BCUT2D eigenvalue weighted by Crippen LogP contribution is 2.39. The van der Waals surface area contributed by atoms with Crippen molar-refractivity contribution < 1.29 is 0 Å². The average molecular weight is 268 g/mol. The molecule has 0 heterocycles. The zero-order valence-electron chi connectivity index (χ0n) is 13.8. The molecule has 2 nitrogen and oxygen atoms in total. The number of rotatable bonds is 8. The maximum atomic E-state index is 6.24. The highest BCUT2D eigenvalue weighted by atomic mass is 15.2. The molecule has 1 rings (SSSR count). The molecule has 0 aliphatic heterocycles. The van der Waals surface area contributed by atoms with Crippen LogP contribution in [0.2, 0.25) is 0 Å². The van der Waals surface area contributed by atoms with Crippen LogP contribution in [0.15, 0.2) is 0 Å². The molecule has 2 atom stereocenters. The summed E-state index contributed by atoms with van der Waals surface area (Å²) < 4.78 is 0. The minimum Gasteiger partial charge on any atom is -0.329 e. The van der Waals surface area contributed by atoms with Gasteiger partial charge < -0.3 is 5.73 Å². The maximum absolute atomic E-state index is 6.24. The Balaban J connectivity index is 2.70. The Morgan fingerprint density at radius 3 is 2.58 bits per heavy atom. The van der Waals surface area contributed by atoms with E-state index in [-0.39, 0.29) is 0 Å². The van der Waals surface area contributed by atoms with Crippen molar-refractivity contribution in [1.29, 1.82) is 0 Å². The van der Waals surface area contributed by atoms with Crippen molar-refractivity contribution in [2.75, 3.05) is 19.6 Å². The zero-order chi connectivity index (χ0) is 14.3. The van der Waals surface area contributed by atoms with Crippen molar-refractivity contribution in [3.05, 3.63) is 0 Å². The predicted molar refractivity (Wildman–Crippen MR) is 85.4 cm³/mol. The van der Waals surface area contributed by atoms with Crippen molar-refractivity contribution in [3.63, 3.8) is 0 Å². The molecule has 0 aromatic rings. The van der Waals surface area contributed by atoms with E-state index in [0.29, 0.717) is 5.54 Å². The summed E-state index contributed by atoms with van der Waals surface area (Å²) in [6, 6.07) is 0. The fourth-order valence-electron chi connectivity index (χ4n) is 4.01. The van der Waals surface area contributed by atoms with Crippen LogP contribution in [0.4, 0.5) is 0 Å². The van der Waals surface area contributed by atoms with Gasteiger partial charge in [-0.2, -0.15) is 0 Å². The number of hydrogen-bond acceptors (Lipinski definition) is 2. The van der Waals surface area contributed by atoms with Crippen LogP contribution in [0, 0.1) is 11.8 Å². The predicted octanol–water partition coefficient (Wildman–Crippen LogP) is 4.04. The van der Waals surface area contributed by atoms with Gasteiger partial charge in [0.05, 0.1) is 0 Å². The van der Waals surface area contributed by atoms with Crippen LogP contribution in [-0.2, 0) is 0 Å². The molecule has 2 heteroatoms. The van der Waals surface area contributed by atoms with Gasteiger partial charge in [-0.15, -0.1) is 0 Å². The lowest BCUT2D eigenvalue weighted by molar-refractivity contribution is 0.0341. The minimum absolute atomic E-state index is 0.307. The third-order valence-electron chi connectivity index (χ3n) is 4.94. The topological polar surface area (TPSA) is 29.3 Å². The van der Waals surface area contributed by atoms with Crippen LogP contribution in [0.25, 0.3) is 0 Å². The van der Waals surface area contributed by atoms with Crippen molar-refractivity contribution >= 4 is 0 Å². The number of likely N-dealkylation sites (N-methyl/N-ethyl adjacent to an activating group) is 1. The largest absolute Gasteiger partial charge is 0.329 e. The van der Waals surface area contributed by atoms with Gasteiger partial charge in [0, 0.05) is 12.1 Å². The van der Waals surface area contributed by atoms with E-state index in [9.17, 15) is 0 Å². The summed E-state index contributed by atoms with van der Waals surface area (Å²) in [6.07, 6.45) is 9.42. The first-order chi connectivity index (χ1) is 9.07. The van der Waals surface area contributed by atoms with Gasteiger partial charge in [0.1, 0.15) is 0 Å². The standard InChI is InChI=1S/C17H36N2/c1-5-7-11-19(6-2)17(14-18)10-8-9-16(13-17)12-15(3)4/h15-16H,5-14,18H2,1-4H3. The summed E-state index contributed by atoms with van der Waals surface area (Å²) in [5.41, 5.74) is 6.55. The molecular weight excluding hydrogens is 232 g/mol. The first kappa shape index (κ1) is 17.0. The van der Waals surface area contributed by atoms with Gasteiger partial charge in [-0.3, -0.25) is 4.90 Å². The van der Waals surface area contributed by atoms with Crippen LogP contribution in [-0.4, -0.2) is 30.1 Å². The quantitative estimate of drug-likeness (QED) is 0.720. The lowest BCUT2D eigenvalue weighted by Crippen LogP contribution is -2.56. The zero-order valence-corrected chi connectivity index (χ0v) is 13.8. The molecule has 0 aromatic heterocycles. The molecule has 0 aromatic carbocycles. The fraction of sp³-hybridized carbons (Fsp3) is 1.00. The Morgan fingerprint density at radius 1 is 1.32 bits per heavy atom.